The quantitative estimate of drug-likeness (QED) is 0.308. The summed E-state index contributed by atoms with van der Waals surface area (Å²) in [5.41, 5.74) is 3.61. The molecule has 0 spiro atoms. The van der Waals surface area contributed by atoms with E-state index in [1.165, 1.54) is 10.8 Å². The van der Waals surface area contributed by atoms with E-state index in [2.05, 4.69) is 31.2 Å². The van der Waals surface area contributed by atoms with Crippen LogP contribution in [0.1, 0.15) is 59.9 Å². The van der Waals surface area contributed by atoms with Crippen molar-refractivity contribution in [1.29, 1.82) is 0 Å². The zero-order chi connectivity index (χ0) is 28.0. The highest BCUT2D eigenvalue weighted by Crippen LogP contribution is 2.40. The second-order valence-electron chi connectivity index (χ2n) is 11.7. The van der Waals surface area contributed by atoms with Gasteiger partial charge in [-0.2, -0.15) is 0 Å². The maximum absolute atomic E-state index is 13.3. The molecule has 1 amide bonds. The predicted octanol–water partition coefficient (Wildman–Crippen LogP) is 6.15. The lowest BCUT2D eigenvalue weighted by Crippen LogP contribution is -2.55. The number of benzene rings is 3. The van der Waals surface area contributed by atoms with Gasteiger partial charge in [-0.1, -0.05) is 49.2 Å². The summed E-state index contributed by atoms with van der Waals surface area (Å²) in [4.78, 5) is 28.3. The zero-order valence-electron chi connectivity index (χ0n) is 23.6. The van der Waals surface area contributed by atoms with Crippen LogP contribution in [0.25, 0.3) is 21.7 Å². The number of piperidine rings is 1. The first-order chi connectivity index (χ1) is 19.2. The normalized spacial score (nSPS) is 21.0. The molecule has 6 rings (SSSR count). The molecule has 2 aliphatic rings. The predicted molar refractivity (Wildman–Crippen MR) is 157 cm³/mol. The van der Waals surface area contributed by atoms with E-state index in [-0.39, 0.29) is 18.2 Å². The van der Waals surface area contributed by atoms with E-state index in [0.29, 0.717) is 43.0 Å². The minimum absolute atomic E-state index is 0.00686. The molecular formula is C34H37NO5. The van der Waals surface area contributed by atoms with Crippen LogP contribution in [0, 0.1) is 26.7 Å². The molecule has 6 nitrogen and oxygen atoms in total. The van der Waals surface area contributed by atoms with Gasteiger partial charge in [-0.25, -0.2) is 4.79 Å². The van der Waals surface area contributed by atoms with Gasteiger partial charge in [0.2, 0.25) is 5.91 Å². The third-order valence-corrected chi connectivity index (χ3v) is 9.41. The topological polar surface area (TPSA) is 80.0 Å². The molecule has 1 aromatic heterocycles. The van der Waals surface area contributed by atoms with E-state index >= 15 is 0 Å². The molecule has 2 heterocycles. The van der Waals surface area contributed by atoms with Gasteiger partial charge in [-0.3, -0.25) is 4.79 Å². The highest BCUT2D eigenvalue weighted by atomic mass is 16.5. The molecule has 40 heavy (non-hydrogen) atoms. The van der Waals surface area contributed by atoms with Crippen molar-refractivity contribution >= 4 is 27.6 Å². The van der Waals surface area contributed by atoms with E-state index in [4.69, 9.17) is 9.15 Å². The molecule has 1 aliphatic heterocycles. The summed E-state index contributed by atoms with van der Waals surface area (Å²) in [7, 11) is 0. The van der Waals surface area contributed by atoms with E-state index < -0.39 is 11.2 Å². The van der Waals surface area contributed by atoms with E-state index in [1.54, 1.807) is 0 Å². The molecule has 2 atom stereocenters. The summed E-state index contributed by atoms with van der Waals surface area (Å²) in [5.74, 6) is 0.704. The highest BCUT2D eigenvalue weighted by molar-refractivity contribution is 5.88. The average Bonchev–Trinajstić information content (AvgIpc) is 2.95. The van der Waals surface area contributed by atoms with Crippen LogP contribution in [0.4, 0.5) is 0 Å². The Morgan fingerprint density at radius 1 is 1.00 bits per heavy atom. The van der Waals surface area contributed by atoms with Gasteiger partial charge in [0.25, 0.3) is 0 Å². The van der Waals surface area contributed by atoms with Crippen molar-refractivity contribution in [3.8, 4) is 5.75 Å². The molecule has 208 valence electrons. The Balaban J connectivity index is 1.23. The number of amides is 1. The summed E-state index contributed by atoms with van der Waals surface area (Å²) >= 11 is 0. The zero-order valence-corrected chi connectivity index (χ0v) is 23.6. The summed E-state index contributed by atoms with van der Waals surface area (Å²) in [5, 5.41) is 14.1. The molecule has 6 heteroatoms. The van der Waals surface area contributed by atoms with Crippen molar-refractivity contribution in [2.75, 3.05) is 13.1 Å². The van der Waals surface area contributed by atoms with Crippen LogP contribution in [0.3, 0.4) is 0 Å². The lowest BCUT2D eigenvalue weighted by atomic mass is 9.71. The SMILES string of the molecule is Cc1ccc2ccccc2c1COc1ccc2c(C)c(CC(=O)N3CCC4(O)CCCCC4C3)c(=O)oc2c1C. The molecule has 4 aromatic rings. The fraction of sp³-hybridized carbons (Fsp3) is 0.412. The van der Waals surface area contributed by atoms with Crippen molar-refractivity contribution in [3.63, 3.8) is 0 Å². The van der Waals surface area contributed by atoms with Crippen molar-refractivity contribution < 1.29 is 19.1 Å². The van der Waals surface area contributed by atoms with Crippen LogP contribution in [0.2, 0.25) is 0 Å². The lowest BCUT2D eigenvalue weighted by molar-refractivity contribution is -0.142. The lowest BCUT2D eigenvalue weighted by Gasteiger charge is -2.47. The van der Waals surface area contributed by atoms with Gasteiger partial charge in [-0.05, 0) is 74.1 Å². The molecule has 2 fully saturated rings. The van der Waals surface area contributed by atoms with E-state index in [0.717, 1.165) is 53.3 Å². The maximum atomic E-state index is 13.3. The molecule has 0 bridgehead atoms. The minimum Gasteiger partial charge on any atom is -0.488 e. The molecule has 3 aromatic carbocycles. The first-order valence-corrected chi connectivity index (χ1v) is 14.4. The number of ether oxygens (including phenoxy) is 1. The number of carbonyl (C=O) groups is 1. The van der Waals surface area contributed by atoms with Gasteiger partial charge in [0.05, 0.1) is 17.6 Å². The molecule has 1 saturated carbocycles. The number of aliphatic hydroxyl groups is 1. The summed E-state index contributed by atoms with van der Waals surface area (Å²) in [6.07, 6.45) is 4.52. The Bertz CT molecular complexity index is 1670. The average molecular weight is 540 g/mol. The molecule has 2 unspecified atom stereocenters. The number of hydrogen-bond donors (Lipinski definition) is 1. The fourth-order valence-electron chi connectivity index (χ4n) is 6.78. The number of likely N-dealkylation sites (tertiary alicyclic amines) is 1. The Morgan fingerprint density at radius 2 is 1.82 bits per heavy atom. The van der Waals surface area contributed by atoms with Crippen molar-refractivity contribution in [1.82, 2.24) is 4.90 Å². The highest BCUT2D eigenvalue weighted by Gasteiger charge is 2.43. The monoisotopic (exact) mass is 539 g/mol. The Morgan fingerprint density at radius 3 is 2.67 bits per heavy atom. The van der Waals surface area contributed by atoms with Crippen LogP contribution < -0.4 is 10.4 Å². The van der Waals surface area contributed by atoms with Crippen LogP contribution >= 0.6 is 0 Å². The summed E-state index contributed by atoms with van der Waals surface area (Å²) < 4.78 is 12.1. The second kappa shape index (κ2) is 10.4. The maximum Gasteiger partial charge on any atom is 0.340 e. The van der Waals surface area contributed by atoms with Crippen LogP contribution in [0.5, 0.6) is 5.75 Å². The number of carbonyl (C=O) groups excluding carboxylic acids is 1. The van der Waals surface area contributed by atoms with Gasteiger partial charge in [0.1, 0.15) is 17.9 Å². The third-order valence-electron chi connectivity index (χ3n) is 9.41. The van der Waals surface area contributed by atoms with Crippen molar-refractivity contribution in [2.24, 2.45) is 5.92 Å². The van der Waals surface area contributed by atoms with E-state index in [9.17, 15) is 14.7 Å². The number of hydrogen-bond acceptors (Lipinski definition) is 5. The molecular weight excluding hydrogens is 502 g/mol. The fourth-order valence-corrected chi connectivity index (χ4v) is 6.78. The Hall–Kier alpha value is -3.64. The number of fused-ring (bicyclic) bond motifs is 3. The summed E-state index contributed by atoms with van der Waals surface area (Å²) in [6, 6.07) is 16.3. The van der Waals surface area contributed by atoms with Gasteiger partial charge in [0.15, 0.2) is 0 Å². The number of aryl methyl sites for hydroxylation is 3. The smallest absolute Gasteiger partial charge is 0.340 e. The second-order valence-corrected chi connectivity index (χ2v) is 11.7. The largest absolute Gasteiger partial charge is 0.488 e. The van der Waals surface area contributed by atoms with Crippen molar-refractivity contribution in [2.45, 2.75) is 71.5 Å². The van der Waals surface area contributed by atoms with Crippen molar-refractivity contribution in [3.05, 3.63) is 86.8 Å². The van der Waals surface area contributed by atoms with Crippen LogP contribution in [-0.2, 0) is 17.8 Å². The first-order valence-electron chi connectivity index (χ1n) is 14.4. The Labute approximate surface area is 234 Å². The minimum atomic E-state index is -0.642. The van der Waals surface area contributed by atoms with Crippen LogP contribution in [-0.4, -0.2) is 34.6 Å². The molecule has 1 aliphatic carbocycles. The number of nitrogens with zero attached hydrogens (tertiary/aromatic N) is 1. The molecule has 0 radical (unpaired) electrons. The summed E-state index contributed by atoms with van der Waals surface area (Å²) in [6.45, 7) is 7.37. The molecule has 1 saturated heterocycles. The molecule has 1 N–H and O–H groups in total. The van der Waals surface area contributed by atoms with Gasteiger partial charge in [-0.15, -0.1) is 0 Å². The number of rotatable bonds is 5. The van der Waals surface area contributed by atoms with Crippen LogP contribution in [0.15, 0.2) is 57.7 Å². The standard InChI is InChI=1S/C34H37NO5/c1-21-11-12-24-8-4-5-10-27(24)29(21)20-39-30-14-13-26-22(2)28(33(37)40-32(26)23(30)3)18-31(36)35-17-16-34(38)15-7-6-9-25(34)19-35/h4-5,8,10-14,25,38H,6-7,9,15-20H2,1-3H3. The Kier molecular flexibility index (Phi) is 6.91. The van der Waals surface area contributed by atoms with E-state index in [1.807, 2.05) is 43.0 Å². The third kappa shape index (κ3) is 4.68. The first kappa shape index (κ1) is 26.6. The van der Waals surface area contributed by atoms with Gasteiger partial charge < -0.3 is 19.2 Å². The van der Waals surface area contributed by atoms with Gasteiger partial charge >= 0.3 is 5.63 Å². The van der Waals surface area contributed by atoms with Gasteiger partial charge in [0, 0.05) is 35.5 Å².